The third-order valence-electron chi connectivity index (χ3n) is 4.88. The fourth-order valence-corrected chi connectivity index (χ4v) is 3.64. The second kappa shape index (κ2) is 10.5. The summed E-state index contributed by atoms with van der Waals surface area (Å²) in [5.41, 5.74) is 0. The lowest BCUT2D eigenvalue weighted by Crippen LogP contribution is -2.47. The van der Waals surface area contributed by atoms with Gasteiger partial charge in [-0.2, -0.15) is 0 Å². The summed E-state index contributed by atoms with van der Waals surface area (Å²) in [7, 11) is -0.103. The fraction of sp³-hybridized carbons (Fsp3) is 0.895. The molecule has 0 amide bonds. The van der Waals surface area contributed by atoms with E-state index in [9.17, 15) is 5.11 Å². The Balaban J connectivity index is 5.06. The van der Waals surface area contributed by atoms with Crippen LogP contribution in [0.5, 0.6) is 0 Å². The van der Waals surface area contributed by atoms with E-state index in [4.69, 9.17) is 9.16 Å². The standard InChI is InChI=1S/C19H38O3Si/c1-9-10-11-12-13-17(18(21-6)14-16(2)15-20)22-23(7,8)19(3,4)5/h16-18,20H,11-15H2,1-8H3/t16-,17+,18-/m0/s1. The van der Waals surface area contributed by atoms with Crippen molar-refractivity contribution in [1.29, 1.82) is 0 Å². The average molecular weight is 343 g/mol. The summed E-state index contributed by atoms with van der Waals surface area (Å²) in [6.45, 7) is 15.5. The van der Waals surface area contributed by atoms with E-state index < -0.39 is 8.32 Å². The Morgan fingerprint density at radius 2 is 1.78 bits per heavy atom. The van der Waals surface area contributed by atoms with Gasteiger partial charge in [-0.25, -0.2) is 0 Å². The van der Waals surface area contributed by atoms with E-state index in [1.54, 1.807) is 7.11 Å². The van der Waals surface area contributed by atoms with Gasteiger partial charge in [-0.15, -0.1) is 11.8 Å². The van der Waals surface area contributed by atoms with Gasteiger partial charge in [0.25, 0.3) is 0 Å². The molecular weight excluding hydrogens is 304 g/mol. The Morgan fingerprint density at radius 3 is 2.22 bits per heavy atom. The second-order valence-corrected chi connectivity index (χ2v) is 12.8. The summed E-state index contributed by atoms with van der Waals surface area (Å²) in [4.78, 5) is 0. The van der Waals surface area contributed by atoms with Gasteiger partial charge in [0, 0.05) is 20.1 Å². The molecule has 3 atom stereocenters. The van der Waals surface area contributed by atoms with E-state index in [0.29, 0.717) is 0 Å². The van der Waals surface area contributed by atoms with Crippen molar-refractivity contribution < 1.29 is 14.3 Å². The summed E-state index contributed by atoms with van der Waals surface area (Å²) in [6.07, 6.45) is 3.81. The van der Waals surface area contributed by atoms with Crippen LogP contribution in [0, 0.1) is 17.8 Å². The molecule has 0 bridgehead atoms. The van der Waals surface area contributed by atoms with Crippen LogP contribution < -0.4 is 0 Å². The van der Waals surface area contributed by atoms with Crippen molar-refractivity contribution in [3.63, 3.8) is 0 Å². The van der Waals surface area contributed by atoms with Crippen molar-refractivity contribution in [3.8, 4) is 11.8 Å². The van der Waals surface area contributed by atoms with Gasteiger partial charge in [-0.3, -0.25) is 0 Å². The molecule has 0 spiro atoms. The molecule has 0 saturated carbocycles. The zero-order valence-electron chi connectivity index (χ0n) is 16.5. The predicted molar refractivity (Wildman–Crippen MR) is 101 cm³/mol. The van der Waals surface area contributed by atoms with E-state index in [2.05, 4.69) is 52.6 Å². The monoisotopic (exact) mass is 342 g/mol. The summed E-state index contributed by atoms with van der Waals surface area (Å²) in [6, 6.07) is 0. The Kier molecular flexibility index (Phi) is 10.4. The number of ether oxygens (including phenoxy) is 1. The molecule has 1 N–H and O–H groups in total. The van der Waals surface area contributed by atoms with Crippen LogP contribution in [0.4, 0.5) is 0 Å². The van der Waals surface area contributed by atoms with Crippen LogP contribution in [0.1, 0.15) is 60.3 Å². The Hall–Kier alpha value is -0.343. The molecule has 0 radical (unpaired) electrons. The molecule has 0 unspecified atom stereocenters. The highest BCUT2D eigenvalue weighted by atomic mass is 28.4. The third-order valence-corrected chi connectivity index (χ3v) is 9.39. The normalized spacial score (nSPS) is 16.4. The van der Waals surface area contributed by atoms with Crippen molar-refractivity contribution in [3.05, 3.63) is 0 Å². The molecule has 0 heterocycles. The molecule has 0 aliphatic rings. The number of hydrogen-bond donors (Lipinski definition) is 1. The number of unbranched alkanes of at least 4 members (excludes halogenated alkanes) is 1. The summed E-state index contributed by atoms with van der Waals surface area (Å²) < 4.78 is 12.4. The average Bonchev–Trinajstić information content (AvgIpc) is 2.46. The van der Waals surface area contributed by atoms with E-state index in [1.807, 2.05) is 6.92 Å². The van der Waals surface area contributed by atoms with Crippen LogP contribution in [-0.4, -0.2) is 39.3 Å². The van der Waals surface area contributed by atoms with Crippen LogP contribution in [-0.2, 0) is 9.16 Å². The van der Waals surface area contributed by atoms with Gasteiger partial charge in [-0.05, 0) is 50.2 Å². The van der Waals surface area contributed by atoms with Gasteiger partial charge in [0.15, 0.2) is 8.32 Å². The highest BCUT2D eigenvalue weighted by Crippen LogP contribution is 2.38. The molecule has 0 saturated heterocycles. The molecule has 0 aliphatic heterocycles. The number of rotatable bonds is 10. The maximum atomic E-state index is 9.36. The molecule has 3 nitrogen and oxygen atoms in total. The fourth-order valence-electron chi connectivity index (χ4n) is 2.26. The zero-order chi connectivity index (χ0) is 18.1. The SMILES string of the molecule is CC#CCCC[C@@H](O[Si](C)(C)C(C)(C)C)[C@H](C[C@H](C)CO)OC. The summed E-state index contributed by atoms with van der Waals surface area (Å²) in [5.74, 6) is 6.31. The van der Waals surface area contributed by atoms with Crippen LogP contribution in [0.25, 0.3) is 0 Å². The quantitative estimate of drug-likeness (QED) is 0.358. The molecule has 136 valence electrons. The van der Waals surface area contributed by atoms with E-state index in [-0.39, 0.29) is 29.8 Å². The molecule has 0 rings (SSSR count). The molecule has 0 aliphatic carbocycles. The van der Waals surface area contributed by atoms with Crippen molar-refractivity contribution in [2.75, 3.05) is 13.7 Å². The van der Waals surface area contributed by atoms with Crippen LogP contribution in [0.2, 0.25) is 18.1 Å². The van der Waals surface area contributed by atoms with E-state index in [0.717, 1.165) is 25.7 Å². The first kappa shape index (κ1) is 22.7. The lowest BCUT2D eigenvalue weighted by molar-refractivity contribution is -0.0249. The first-order valence-corrected chi connectivity index (χ1v) is 11.7. The van der Waals surface area contributed by atoms with Gasteiger partial charge in [0.1, 0.15) is 0 Å². The van der Waals surface area contributed by atoms with E-state index in [1.165, 1.54) is 0 Å². The first-order valence-electron chi connectivity index (χ1n) is 8.80. The maximum absolute atomic E-state index is 9.36. The molecule has 0 fully saturated rings. The van der Waals surface area contributed by atoms with Gasteiger partial charge < -0.3 is 14.3 Å². The predicted octanol–water partition coefficient (Wildman–Crippen LogP) is 4.60. The summed E-state index contributed by atoms with van der Waals surface area (Å²) >= 11 is 0. The summed E-state index contributed by atoms with van der Waals surface area (Å²) in [5, 5.41) is 9.54. The number of aliphatic hydroxyl groups excluding tert-OH is 1. The van der Waals surface area contributed by atoms with Gasteiger partial charge in [-0.1, -0.05) is 27.7 Å². The van der Waals surface area contributed by atoms with Crippen molar-refractivity contribution in [1.82, 2.24) is 0 Å². The lowest BCUT2D eigenvalue weighted by Gasteiger charge is -2.41. The molecule has 0 aromatic carbocycles. The van der Waals surface area contributed by atoms with Crippen molar-refractivity contribution in [2.24, 2.45) is 5.92 Å². The minimum absolute atomic E-state index is 0.0286. The molecule has 0 aromatic heterocycles. The largest absolute Gasteiger partial charge is 0.411 e. The molecule has 4 heteroatoms. The van der Waals surface area contributed by atoms with Crippen LogP contribution in [0.3, 0.4) is 0 Å². The topological polar surface area (TPSA) is 38.7 Å². The van der Waals surface area contributed by atoms with Crippen molar-refractivity contribution >= 4 is 8.32 Å². The smallest absolute Gasteiger partial charge is 0.192 e. The molecular formula is C19H38O3Si. The first-order chi connectivity index (χ1) is 10.6. The van der Waals surface area contributed by atoms with E-state index >= 15 is 0 Å². The zero-order valence-corrected chi connectivity index (χ0v) is 17.5. The highest BCUT2D eigenvalue weighted by Gasteiger charge is 2.40. The Labute approximate surface area is 145 Å². The Bertz CT molecular complexity index is 376. The number of hydrogen-bond acceptors (Lipinski definition) is 3. The minimum Gasteiger partial charge on any atom is -0.411 e. The maximum Gasteiger partial charge on any atom is 0.192 e. The Morgan fingerprint density at radius 1 is 1.17 bits per heavy atom. The molecule has 0 aromatic rings. The minimum atomic E-state index is -1.86. The van der Waals surface area contributed by atoms with Crippen molar-refractivity contribution in [2.45, 2.75) is 90.6 Å². The van der Waals surface area contributed by atoms with Crippen LogP contribution >= 0.6 is 0 Å². The van der Waals surface area contributed by atoms with Gasteiger partial charge >= 0.3 is 0 Å². The van der Waals surface area contributed by atoms with Gasteiger partial charge in [0.2, 0.25) is 0 Å². The number of methoxy groups -OCH3 is 1. The third kappa shape index (κ3) is 8.35. The van der Waals surface area contributed by atoms with Gasteiger partial charge in [0.05, 0.1) is 12.2 Å². The highest BCUT2D eigenvalue weighted by molar-refractivity contribution is 6.74. The second-order valence-electron chi connectivity index (χ2n) is 8.03. The van der Waals surface area contributed by atoms with Crippen LogP contribution in [0.15, 0.2) is 0 Å². The number of aliphatic hydroxyl groups is 1. The molecule has 23 heavy (non-hydrogen) atoms. The lowest BCUT2D eigenvalue weighted by atomic mass is 9.97.